The van der Waals surface area contributed by atoms with E-state index in [-0.39, 0.29) is 5.69 Å². The Balaban J connectivity index is 1.93. The summed E-state index contributed by atoms with van der Waals surface area (Å²) in [6, 6.07) is 4.55. The summed E-state index contributed by atoms with van der Waals surface area (Å²) in [5.41, 5.74) is 3.99. The van der Waals surface area contributed by atoms with E-state index in [1.807, 2.05) is 0 Å². The van der Waals surface area contributed by atoms with Crippen LogP contribution in [0.25, 0.3) is 0 Å². The van der Waals surface area contributed by atoms with E-state index < -0.39 is 4.92 Å². The predicted octanol–water partition coefficient (Wildman–Crippen LogP) is 2.98. The Hall–Kier alpha value is -1.66. The lowest BCUT2D eigenvalue weighted by Gasteiger charge is -2.21. The van der Waals surface area contributed by atoms with Gasteiger partial charge in [-0.15, -0.1) is 0 Å². The molecule has 0 saturated heterocycles. The number of nitro benzene ring substituents is 1. The monoisotopic (exact) mass is 279 g/mol. The lowest BCUT2D eigenvalue weighted by Crippen LogP contribution is -2.14. The van der Waals surface area contributed by atoms with Crippen LogP contribution in [0.15, 0.2) is 18.2 Å². The summed E-state index contributed by atoms with van der Waals surface area (Å²) >= 11 is 0. The number of benzene rings is 1. The molecule has 6 heteroatoms. The van der Waals surface area contributed by atoms with Gasteiger partial charge in [0.05, 0.1) is 17.2 Å². The molecule has 1 aliphatic rings. The molecule has 0 radical (unpaired) electrons. The van der Waals surface area contributed by atoms with Crippen LogP contribution in [0.2, 0.25) is 0 Å². The van der Waals surface area contributed by atoms with Gasteiger partial charge in [0.1, 0.15) is 0 Å². The van der Waals surface area contributed by atoms with E-state index in [4.69, 9.17) is 10.6 Å². The average Bonchev–Trinajstić information content (AvgIpc) is 2.48. The number of nitrogen functional groups attached to an aromatic ring is 1. The molecule has 2 rings (SSSR count). The number of ether oxygens (including phenoxy) is 1. The maximum Gasteiger partial charge on any atom is 0.269 e. The lowest BCUT2D eigenvalue weighted by atomic mass is 9.90. The second-order valence-electron chi connectivity index (χ2n) is 5.26. The number of hydrogen-bond acceptors (Lipinski definition) is 5. The summed E-state index contributed by atoms with van der Waals surface area (Å²) < 4.78 is 5.72. The molecular weight excluding hydrogens is 258 g/mol. The zero-order chi connectivity index (χ0) is 14.4. The number of anilines is 1. The van der Waals surface area contributed by atoms with Crippen molar-refractivity contribution in [1.82, 2.24) is 0 Å². The van der Waals surface area contributed by atoms with Crippen molar-refractivity contribution >= 4 is 11.4 Å². The van der Waals surface area contributed by atoms with Gasteiger partial charge in [0, 0.05) is 24.3 Å². The van der Waals surface area contributed by atoms with Gasteiger partial charge in [0.25, 0.3) is 5.69 Å². The molecule has 6 nitrogen and oxygen atoms in total. The number of nitrogens with two attached hydrogens (primary N) is 1. The summed E-state index contributed by atoms with van der Waals surface area (Å²) in [6.45, 7) is 1.06. The zero-order valence-corrected chi connectivity index (χ0v) is 11.5. The highest BCUT2D eigenvalue weighted by molar-refractivity contribution is 5.55. The SMILES string of the molecule is NNc1ccc([N+](=O)[O-])cc1COCC1CCCCC1. The van der Waals surface area contributed by atoms with Crippen molar-refractivity contribution in [2.45, 2.75) is 38.7 Å². The Kier molecular flexibility index (Phi) is 5.31. The molecule has 1 aromatic carbocycles. The molecule has 0 heterocycles. The van der Waals surface area contributed by atoms with Crippen molar-refractivity contribution in [2.75, 3.05) is 12.0 Å². The van der Waals surface area contributed by atoms with Crippen LogP contribution >= 0.6 is 0 Å². The van der Waals surface area contributed by atoms with Crippen molar-refractivity contribution in [3.05, 3.63) is 33.9 Å². The summed E-state index contributed by atoms with van der Waals surface area (Å²) in [4.78, 5) is 10.4. The van der Waals surface area contributed by atoms with Crippen molar-refractivity contribution in [2.24, 2.45) is 11.8 Å². The van der Waals surface area contributed by atoms with Crippen molar-refractivity contribution < 1.29 is 9.66 Å². The predicted molar refractivity (Wildman–Crippen MR) is 77.1 cm³/mol. The van der Waals surface area contributed by atoms with Crippen molar-refractivity contribution in [3.8, 4) is 0 Å². The van der Waals surface area contributed by atoms with Crippen LogP contribution in [0.1, 0.15) is 37.7 Å². The number of hydrogen-bond donors (Lipinski definition) is 2. The first-order valence-corrected chi connectivity index (χ1v) is 7.02. The molecule has 1 fully saturated rings. The summed E-state index contributed by atoms with van der Waals surface area (Å²) in [7, 11) is 0. The van der Waals surface area contributed by atoms with Gasteiger partial charge in [-0.25, -0.2) is 0 Å². The third kappa shape index (κ3) is 3.91. The molecule has 0 aliphatic heterocycles. The van der Waals surface area contributed by atoms with E-state index in [0.29, 0.717) is 24.8 Å². The molecule has 3 N–H and O–H groups in total. The first kappa shape index (κ1) is 14.7. The first-order valence-electron chi connectivity index (χ1n) is 7.02. The fourth-order valence-electron chi connectivity index (χ4n) is 2.64. The maximum absolute atomic E-state index is 10.8. The van der Waals surface area contributed by atoms with Crippen LogP contribution in [-0.4, -0.2) is 11.5 Å². The molecule has 0 atom stereocenters. The van der Waals surface area contributed by atoms with Gasteiger partial charge in [-0.2, -0.15) is 0 Å². The number of nitrogens with zero attached hydrogens (tertiary/aromatic N) is 1. The molecule has 0 amide bonds. The highest BCUT2D eigenvalue weighted by Crippen LogP contribution is 2.25. The Morgan fingerprint density at radius 1 is 1.35 bits per heavy atom. The average molecular weight is 279 g/mol. The molecule has 0 spiro atoms. The number of hydrazine groups is 1. The van der Waals surface area contributed by atoms with Crippen LogP contribution in [0, 0.1) is 16.0 Å². The molecule has 1 saturated carbocycles. The van der Waals surface area contributed by atoms with Gasteiger partial charge in [-0.05, 0) is 24.8 Å². The Labute approximate surface area is 118 Å². The van der Waals surface area contributed by atoms with Crippen LogP contribution < -0.4 is 11.3 Å². The molecule has 0 aromatic heterocycles. The Morgan fingerprint density at radius 3 is 2.75 bits per heavy atom. The van der Waals surface area contributed by atoms with E-state index in [1.54, 1.807) is 6.07 Å². The lowest BCUT2D eigenvalue weighted by molar-refractivity contribution is -0.384. The molecule has 1 aromatic rings. The summed E-state index contributed by atoms with van der Waals surface area (Å²) in [5, 5.41) is 10.8. The van der Waals surface area contributed by atoms with Gasteiger partial charge >= 0.3 is 0 Å². The number of nitro groups is 1. The standard InChI is InChI=1S/C14H21N3O3/c15-16-14-7-6-13(17(18)19)8-12(14)10-20-9-11-4-2-1-3-5-11/h6-8,11,16H,1-5,9-10,15H2. The summed E-state index contributed by atoms with van der Waals surface area (Å²) in [5.74, 6) is 6.04. The van der Waals surface area contributed by atoms with E-state index in [0.717, 1.165) is 5.56 Å². The number of rotatable bonds is 6. The maximum atomic E-state index is 10.8. The second-order valence-corrected chi connectivity index (χ2v) is 5.26. The number of non-ortho nitro benzene ring substituents is 1. The normalized spacial score (nSPS) is 16.1. The third-order valence-corrected chi connectivity index (χ3v) is 3.79. The van der Waals surface area contributed by atoms with E-state index in [2.05, 4.69) is 5.43 Å². The van der Waals surface area contributed by atoms with Crippen LogP contribution in [0.5, 0.6) is 0 Å². The molecule has 0 bridgehead atoms. The van der Waals surface area contributed by atoms with Crippen LogP contribution in [0.4, 0.5) is 11.4 Å². The Morgan fingerprint density at radius 2 is 2.10 bits per heavy atom. The van der Waals surface area contributed by atoms with Crippen LogP contribution in [0.3, 0.4) is 0 Å². The van der Waals surface area contributed by atoms with Gasteiger partial charge in [0.15, 0.2) is 0 Å². The second kappa shape index (κ2) is 7.21. The van der Waals surface area contributed by atoms with Gasteiger partial charge in [-0.3, -0.25) is 16.0 Å². The van der Waals surface area contributed by atoms with Gasteiger partial charge in [0.2, 0.25) is 0 Å². The quantitative estimate of drug-likeness (QED) is 0.474. The fourth-order valence-corrected chi connectivity index (χ4v) is 2.64. The fraction of sp³-hybridized carbons (Fsp3) is 0.571. The molecule has 110 valence electrons. The topological polar surface area (TPSA) is 90.4 Å². The highest BCUT2D eigenvalue weighted by Gasteiger charge is 2.15. The zero-order valence-electron chi connectivity index (χ0n) is 11.5. The molecular formula is C14H21N3O3. The van der Waals surface area contributed by atoms with Gasteiger partial charge in [-0.1, -0.05) is 19.3 Å². The van der Waals surface area contributed by atoms with Crippen LogP contribution in [-0.2, 0) is 11.3 Å². The Bertz CT molecular complexity index is 459. The van der Waals surface area contributed by atoms with E-state index >= 15 is 0 Å². The number of nitrogens with one attached hydrogen (secondary N) is 1. The minimum absolute atomic E-state index is 0.0558. The first-order chi connectivity index (χ1) is 9.70. The van der Waals surface area contributed by atoms with E-state index in [9.17, 15) is 10.1 Å². The minimum Gasteiger partial charge on any atom is -0.376 e. The van der Waals surface area contributed by atoms with Gasteiger partial charge < -0.3 is 10.2 Å². The summed E-state index contributed by atoms with van der Waals surface area (Å²) in [6.07, 6.45) is 6.32. The van der Waals surface area contributed by atoms with Crippen molar-refractivity contribution in [3.63, 3.8) is 0 Å². The van der Waals surface area contributed by atoms with E-state index in [1.165, 1.54) is 44.2 Å². The molecule has 20 heavy (non-hydrogen) atoms. The smallest absolute Gasteiger partial charge is 0.269 e. The largest absolute Gasteiger partial charge is 0.376 e. The van der Waals surface area contributed by atoms with Crippen molar-refractivity contribution in [1.29, 1.82) is 0 Å². The highest BCUT2D eigenvalue weighted by atomic mass is 16.6. The third-order valence-electron chi connectivity index (χ3n) is 3.79. The minimum atomic E-state index is -0.412. The molecule has 1 aliphatic carbocycles. The molecule has 0 unspecified atom stereocenters.